The molecule has 2 aromatic carbocycles. The van der Waals surface area contributed by atoms with E-state index in [1.54, 1.807) is 6.92 Å². The summed E-state index contributed by atoms with van der Waals surface area (Å²) >= 11 is 14.0. The fraction of sp³-hybridized carbons (Fsp3) is 0.345. The molecule has 0 bridgehead atoms. The van der Waals surface area contributed by atoms with E-state index < -0.39 is 110 Å². The molecule has 2 saturated heterocycles. The molecule has 2 aromatic rings. The van der Waals surface area contributed by atoms with Crippen molar-refractivity contribution in [1.82, 2.24) is 4.90 Å². The largest absolute Gasteiger partial charge is 0.504 e. The number of ether oxygens (including phenoxy) is 1. The Morgan fingerprint density at radius 3 is 2.17 bits per heavy atom. The lowest BCUT2D eigenvalue weighted by atomic mass is 9.56. The molecule has 3 fully saturated rings. The predicted molar refractivity (Wildman–Crippen MR) is 147 cm³/mol. The van der Waals surface area contributed by atoms with Gasteiger partial charge < -0.3 is 15.6 Å². The Kier molecular flexibility index (Phi) is 7.17. The van der Waals surface area contributed by atoms with E-state index in [-0.39, 0.29) is 39.7 Å². The highest BCUT2D eigenvalue weighted by atomic mass is 35.5. The van der Waals surface area contributed by atoms with Crippen molar-refractivity contribution in [2.75, 3.05) is 11.5 Å². The van der Waals surface area contributed by atoms with Gasteiger partial charge in [-0.15, -0.1) is 23.2 Å². The molecule has 242 valence electrons. The number of phenols is 1. The van der Waals surface area contributed by atoms with Gasteiger partial charge in [0, 0.05) is 11.5 Å². The number of benzene rings is 2. The topological polar surface area (TPSA) is 147 Å². The zero-order valence-electron chi connectivity index (χ0n) is 23.3. The second-order valence-electron chi connectivity index (χ2n) is 11.2. The van der Waals surface area contributed by atoms with Gasteiger partial charge in [-0.05, 0) is 31.7 Å². The third-order valence-corrected chi connectivity index (χ3v) is 10.5. The maximum Gasteiger partial charge on any atom is 0.328 e. The zero-order chi connectivity index (χ0) is 33.8. The minimum Gasteiger partial charge on any atom is -0.504 e. The van der Waals surface area contributed by atoms with Crippen molar-refractivity contribution in [3.05, 3.63) is 64.5 Å². The molecule has 3 N–H and O–H groups in total. The molecule has 6 rings (SSSR count). The number of fused-ring (bicyclic) bond motifs is 4. The number of halogens is 7. The number of carbonyl (C=O) groups excluding carboxylic acids is 5. The highest BCUT2D eigenvalue weighted by molar-refractivity contribution is 6.58. The van der Waals surface area contributed by atoms with Crippen LogP contribution in [0.3, 0.4) is 0 Å². The molecular formula is C29H20Cl2F5N3O7. The zero-order valence-corrected chi connectivity index (χ0v) is 24.8. The van der Waals surface area contributed by atoms with E-state index in [0.29, 0.717) is 0 Å². The highest BCUT2D eigenvalue weighted by Crippen LogP contribution is 2.67. The Labute approximate surface area is 265 Å². The van der Waals surface area contributed by atoms with Crippen LogP contribution in [0, 0.1) is 46.8 Å². The van der Waals surface area contributed by atoms with E-state index in [4.69, 9.17) is 33.7 Å². The van der Waals surface area contributed by atoms with Crippen LogP contribution in [0.15, 0.2) is 29.8 Å². The first-order valence-corrected chi connectivity index (χ1v) is 14.4. The molecule has 0 aromatic heterocycles. The van der Waals surface area contributed by atoms with Gasteiger partial charge in [-0.1, -0.05) is 23.8 Å². The van der Waals surface area contributed by atoms with Crippen LogP contribution in [-0.2, 0) is 19.2 Å². The summed E-state index contributed by atoms with van der Waals surface area (Å²) in [5.74, 6) is -24.3. The van der Waals surface area contributed by atoms with Gasteiger partial charge in [0.2, 0.25) is 17.6 Å². The first kappa shape index (κ1) is 31.7. The number of primary amides is 1. The van der Waals surface area contributed by atoms with Gasteiger partial charge in [0.15, 0.2) is 44.5 Å². The van der Waals surface area contributed by atoms with Gasteiger partial charge in [-0.2, -0.15) is 4.90 Å². The second kappa shape index (κ2) is 10.4. The normalized spacial score (nSPS) is 30.3. The average molecular weight is 688 g/mol. The Balaban J connectivity index is 1.63. The number of hydrogen-bond donors (Lipinski definition) is 2. The Morgan fingerprint density at radius 1 is 0.978 bits per heavy atom. The summed E-state index contributed by atoms with van der Waals surface area (Å²) in [7, 11) is 0. The third-order valence-electron chi connectivity index (χ3n) is 9.08. The van der Waals surface area contributed by atoms with Crippen molar-refractivity contribution in [2.24, 2.45) is 23.5 Å². The van der Waals surface area contributed by atoms with E-state index in [0.717, 1.165) is 0 Å². The monoisotopic (exact) mass is 687 g/mol. The molecule has 6 amide bonds. The van der Waals surface area contributed by atoms with Crippen LogP contribution < -0.4 is 15.4 Å². The van der Waals surface area contributed by atoms with E-state index >= 15 is 8.78 Å². The summed E-state index contributed by atoms with van der Waals surface area (Å²) in [6.07, 6.45) is 0.410. The van der Waals surface area contributed by atoms with Crippen molar-refractivity contribution < 1.29 is 55.8 Å². The van der Waals surface area contributed by atoms with Crippen molar-refractivity contribution in [3.63, 3.8) is 0 Å². The molecule has 0 radical (unpaired) electrons. The molecule has 2 heterocycles. The van der Waals surface area contributed by atoms with E-state index in [1.807, 2.05) is 0 Å². The molecule has 6 unspecified atom stereocenters. The molecule has 4 aliphatic rings. The van der Waals surface area contributed by atoms with E-state index in [1.165, 1.54) is 24.3 Å². The van der Waals surface area contributed by atoms with Crippen LogP contribution in [0.2, 0.25) is 0 Å². The van der Waals surface area contributed by atoms with Crippen molar-refractivity contribution in [1.29, 1.82) is 0 Å². The lowest BCUT2D eigenvalue weighted by Gasteiger charge is -2.50. The Morgan fingerprint density at radius 2 is 1.59 bits per heavy atom. The smallest absolute Gasteiger partial charge is 0.328 e. The van der Waals surface area contributed by atoms with Gasteiger partial charge >= 0.3 is 6.03 Å². The van der Waals surface area contributed by atoms with Crippen molar-refractivity contribution in [2.45, 2.75) is 35.4 Å². The van der Waals surface area contributed by atoms with Gasteiger partial charge in [0.25, 0.3) is 11.8 Å². The van der Waals surface area contributed by atoms with Crippen LogP contribution in [0.1, 0.15) is 31.2 Å². The quantitative estimate of drug-likeness (QED) is 0.123. The minimum absolute atomic E-state index is 0.0488. The number of anilines is 1. The molecular weight excluding hydrogens is 668 g/mol. The Hall–Kier alpha value is -4.24. The van der Waals surface area contributed by atoms with Crippen LogP contribution in [0.25, 0.3) is 0 Å². The lowest BCUT2D eigenvalue weighted by Crippen LogP contribution is -2.60. The third kappa shape index (κ3) is 3.78. The fourth-order valence-corrected chi connectivity index (χ4v) is 8.10. The van der Waals surface area contributed by atoms with Gasteiger partial charge in [0.05, 0.1) is 18.4 Å². The number of aromatic hydroxyl groups is 1. The number of likely N-dealkylation sites (tertiary alicyclic amines) is 1. The highest BCUT2D eigenvalue weighted by Gasteiger charge is 2.77. The molecule has 6 atom stereocenters. The Bertz CT molecular complexity index is 1810. The van der Waals surface area contributed by atoms with Crippen molar-refractivity contribution >= 4 is 58.5 Å². The van der Waals surface area contributed by atoms with E-state index in [9.17, 15) is 42.3 Å². The molecule has 0 spiro atoms. The van der Waals surface area contributed by atoms with E-state index in [2.05, 4.69) is 0 Å². The predicted octanol–water partition coefficient (Wildman–Crippen LogP) is 4.13. The number of para-hydroxylation sites is 1. The fourth-order valence-electron chi connectivity index (χ4n) is 7.17. The van der Waals surface area contributed by atoms with Gasteiger partial charge in [-0.25, -0.2) is 31.6 Å². The molecule has 10 nitrogen and oxygen atoms in total. The summed E-state index contributed by atoms with van der Waals surface area (Å²) in [4.78, 5) is 61.1. The van der Waals surface area contributed by atoms with Crippen LogP contribution >= 0.6 is 23.2 Å². The number of hydrogen-bond acceptors (Lipinski definition) is 7. The molecule has 17 heteroatoms. The number of nitrogens with two attached hydrogens (primary N) is 1. The van der Waals surface area contributed by atoms with Gasteiger partial charge in [0.1, 0.15) is 5.69 Å². The number of nitrogens with zero attached hydrogens (tertiary/aromatic N) is 2. The van der Waals surface area contributed by atoms with Crippen LogP contribution in [-0.4, -0.2) is 56.0 Å². The molecule has 2 aliphatic heterocycles. The summed E-state index contributed by atoms with van der Waals surface area (Å²) in [5, 5.41) is 11.3. The maximum atomic E-state index is 15.1. The first-order valence-electron chi connectivity index (χ1n) is 13.7. The number of carbonyl (C=O) groups is 5. The SMILES string of the molecule is CCOc1cccc(C2C3=CCC4C(=O)N(C(N)=O)C(=O)C4C3CC3(Cl)C(=O)N(c4c(F)c(F)c(F)c(F)c4F)C(=O)C23Cl)c1O. The summed E-state index contributed by atoms with van der Waals surface area (Å²) < 4.78 is 78.1. The number of phenolic OH excluding ortho intramolecular Hbond substituents is 1. The lowest BCUT2D eigenvalue weighted by molar-refractivity contribution is -0.136. The second-order valence-corrected chi connectivity index (χ2v) is 12.4. The average Bonchev–Trinajstić information content (AvgIpc) is 3.35. The number of rotatable bonds is 4. The number of allylic oxidation sites excluding steroid dienone is 2. The van der Waals surface area contributed by atoms with Crippen molar-refractivity contribution in [3.8, 4) is 11.5 Å². The van der Waals surface area contributed by atoms with Crippen LogP contribution in [0.4, 0.5) is 32.4 Å². The first-order chi connectivity index (χ1) is 21.6. The summed E-state index contributed by atoms with van der Waals surface area (Å²) in [5.41, 5.74) is 3.19. The molecule has 46 heavy (non-hydrogen) atoms. The minimum atomic E-state index is -2.83. The summed E-state index contributed by atoms with van der Waals surface area (Å²) in [6.45, 7) is 1.64. The molecule has 2 aliphatic carbocycles. The van der Waals surface area contributed by atoms with Crippen LogP contribution in [0.5, 0.6) is 11.5 Å². The summed E-state index contributed by atoms with van der Waals surface area (Å²) in [6, 6.07) is 2.59. The number of urea groups is 1. The maximum absolute atomic E-state index is 15.1. The number of alkyl halides is 2. The van der Waals surface area contributed by atoms with Gasteiger partial charge in [-0.3, -0.25) is 19.2 Å². The molecule has 1 saturated carbocycles. The number of amides is 6. The number of imide groups is 4. The standard InChI is InChI=1S/C29H20Cl2F5N3O7/c1-2-46-13-5-3-4-11(22(13)40)15-9-6-7-10-14(24(42)39(23(10)41)27(37)45)12(9)8-28(30)25(43)38(26(44)29(15,28)31)21-19(35)17(33)16(32)18(34)20(21)36/h3-6,10,12,14-15,40H,2,7-8H2,1H3,(H2,37,45).